The zero-order chi connectivity index (χ0) is 18.5. The quantitative estimate of drug-likeness (QED) is 0.790. The van der Waals surface area contributed by atoms with Crippen LogP contribution < -0.4 is 10.1 Å². The molecule has 1 amide bonds. The van der Waals surface area contributed by atoms with Gasteiger partial charge >= 0.3 is 0 Å². The van der Waals surface area contributed by atoms with Crippen molar-refractivity contribution in [3.05, 3.63) is 65.5 Å². The summed E-state index contributed by atoms with van der Waals surface area (Å²) >= 11 is 0. The van der Waals surface area contributed by atoms with Gasteiger partial charge in [-0.2, -0.15) is 0 Å². The minimum Gasteiger partial charge on any atom is -0.492 e. The third-order valence-electron chi connectivity index (χ3n) is 4.63. The molecule has 0 radical (unpaired) electrons. The summed E-state index contributed by atoms with van der Waals surface area (Å²) in [6, 6.07) is 14.4. The molecule has 1 aliphatic carbocycles. The van der Waals surface area contributed by atoms with Gasteiger partial charge < -0.3 is 15.0 Å². The summed E-state index contributed by atoms with van der Waals surface area (Å²) in [6.45, 7) is 1.97. The fourth-order valence-corrected chi connectivity index (χ4v) is 2.97. The molecule has 0 aromatic heterocycles. The van der Waals surface area contributed by atoms with Crippen LogP contribution in [0.4, 0.5) is 4.39 Å². The second-order valence-electron chi connectivity index (χ2n) is 6.98. The molecule has 0 saturated heterocycles. The van der Waals surface area contributed by atoms with Crippen LogP contribution >= 0.6 is 0 Å². The summed E-state index contributed by atoms with van der Waals surface area (Å²) in [4.78, 5) is 14.3. The van der Waals surface area contributed by atoms with Gasteiger partial charge in [0, 0.05) is 19.0 Å². The van der Waals surface area contributed by atoms with E-state index in [-0.39, 0.29) is 23.6 Å². The molecule has 4 nitrogen and oxygen atoms in total. The summed E-state index contributed by atoms with van der Waals surface area (Å²) in [6.07, 6.45) is 0.714. The number of ether oxygens (including phenoxy) is 1. The lowest BCUT2D eigenvalue weighted by Gasteiger charge is -2.11. The Labute approximate surface area is 154 Å². The minimum absolute atomic E-state index is 0.00340. The Morgan fingerprint density at radius 3 is 2.62 bits per heavy atom. The average Bonchev–Trinajstić information content (AvgIpc) is 3.41. The lowest BCUT2D eigenvalue weighted by atomic mass is 10.1. The Hall–Kier alpha value is -2.40. The topological polar surface area (TPSA) is 41.6 Å². The van der Waals surface area contributed by atoms with Gasteiger partial charge in [-0.25, -0.2) is 4.39 Å². The van der Waals surface area contributed by atoms with E-state index in [0.717, 1.165) is 17.9 Å². The summed E-state index contributed by atoms with van der Waals surface area (Å²) in [5.74, 6) is 0.468. The third-order valence-corrected chi connectivity index (χ3v) is 4.63. The molecular weight excluding hydrogens is 331 g/mol. The number of likely N-dealkylation sites (N-methyl/N-ethyl adjacent to an activating group) is 1. The van der Waals surface area contributed by atoms with Gasteiger partial charge in [-0.05, 0) is 55.8 Å². The van der Waals surface area contributed by atoms with Crippen LogP contribution in [0, 0.1) is 11.7 Å². The van der Waals surface area contributed by atoms with Gasteiger partial charge in [-0.3, -0.25) is 4.79 Å². The van der Waals surface area contributed by atoms with Crippen LogP contribution in [0.15, 0.2) is 48.5 Å². The molecule has 0 bridgehead atoms. The van der Waals surface area contributed by atoms with Gasteiger partial charge in [0.15, 0.2) is 0 Å². The van der Waals surface area contributed by atoms with E-state index in [1.807, 2.05) is 44.4 Å². The van der Waals surface area contributed by atoms with Crippen molar-refractivity contribution in [3.63, 3.8) is 0 Å². The average molecular weight is 356 g/mol. The summed E-state index contributed by atoms with van der Waals surface area (Å²) in [5, 5.41) is 2.95. The SMILES string of the molecule is CN(C)CCOc1ccc(CNC(=O)C2CC2c2ccccc2F)cc1. The number of carbonyl (C=O) groups is 1. The minimum atomic E-state index is -0.224. The Morgan fingerprint density at radius 2 is 1.92 bits per heavy atom. The number of nitrogens with zero attached hydrogens (tertiary/aromatic N) is 1. The molecule has 1 N–H and O–H groups in total. The third kappa shape index (κ3) is 4.82. The molecule has 2 aromatic rings. The molecule has 2 atom stereocenters. The predicted molar refractivity (Wildman–Crippen MR) is 99.6 cm³/mol. The largest absolute Gasteiger partial charge is 0.492 e. The molecule has 1 fully saturated rings. The maximum atomic E-state index is 13.8. The van der Waals surface area contributed by atoms with E-state index in [9.17, 15) is 9.18 Å². The highest BCUT2D eigenvalue weighted by atomic mass is 19.1. The van der Waals surface area contributed by atoms with Crippen molar-refractivity contribution in [3.8, 4) is 5.75 Å². The smallest absolute Gasteiger partial charge is 0.224 e. The lowest BCUT2D eigenvalue weighted by Crippen LogP contribution is -2.24. The molecule has 138 valence electrons. The number of amides is 1. The number of carbonyl (C=O) groups excluding carboxylic acids is 1. The number of halogens is 1. The predicted octanol–water partition coefficient (Wildman–Crippen LogP) is 3.19. The zero-order valence-electron chi connectivity index (χ0n) is 15.2. The second-order valence-corrected chi connectivity index (χ2v) is 6.98. The number of rotatable bonds is 8. The van der Waals surface area contributed by atoms with Gasteiger partial charge in [0.1, 0.15) is 18.2 Å². The molecule has 0 aliphatic heterocycles. The maximum absolute atomic E-state index is 13.8. The first-order valence-corrected chi connectivity index (χ1v) is 8.93. The Morgan fingerprint density at radius 1 is 1.19 bits per heavy atom. The maximum Gasteiger partial charge on any atom is 0.224 e. The molecule has 3 rings (SSSR count). The molecular formula is C21H25FN2O2. The summed E-state index contributed by atoms with van der Waals surface area (Å²) in [5.41, 5.74) is 1.66. The molecule has 2 aromatic carbocycles. The fourth-order valence-electron chi connectivity index (χ4n) is 2.97. The molecule has 1 aliphatic rings. The van der Waals surface area contributed by atoms with Crippen molar-refractivity contribution in [1.29, 1.82) is 0 Å². The molecule has 26 heavy (non-hydrogen) atoms. The van der Waals surface area contributed by atoms with E-state index in [4.69, 9.17) is 4.74 Å². The fraction of sp³-hybridized carbons (Fsp3) is 0.381. The first-order chi connectivity index (χ1) is 12.5. The standard InChI is InChI=1S/C21H25FN2O2/c1-24(2)11-12-26-16-9-7-15(8-10-16)14-23-21(25)19-13-18(19)17-5-3-4-6-20(17)22/h3-10,18-19H,11-14H2,1-2H3,(H,23,25). The highest BCUT2D eigenvalue weighted by molar-refractivity contribution is 5.82. The molecule has 0 heterocycles. The van der Waals surface area contributed by atoms with E-state index >= 15 is 0 Å². The first kappa shape index (κ1) is 18.4. The lowest BCUT2D eigenvalue weighted by molar-refractivity contribution is -0.122. The van der Waals surface area contributed by atoms with E-state index in [1.165, 1.54) is 6.07 Å². The second kappa shape index (κ2) is 8.32. The van der Waals surface area contributed by atoms with Crippen LogP contribution in [0.2, 0.25) is 0 Å². The summed E-state index contributed by atoms with van der Waals surface area (Å²) < 4.78 is 19.4. The van der Waals surface area contributed by atoms with E-state index in [2.05, 4.69) is 10.2 Å². The summed E-state index contributed by atoms with van der Waals surface area (Å²) in [7, 11) is 4.01. The van der Waals surface area contributed by atoms with Crippen molar-refractivity contribution in [1.82, 2.24) is 10.2 Å². The van der Waals surface area contributed by atoms with E-state index in [0.29, 0.717) is 25.1 Å². The highest BCUT2D eigenvalue weighted by Gasteiger charge is 2.44. The van der Waals surface area contributed by atoms with Crippen molar-refractivity contribution >= 4 is 5.91 Å². The van der Waals surface area contributed by atoms with Gasteiger partial charge in [-0.15, -0.1) is 0 Å². The van der Waals surface area contributed by atoms with Crippen LogP contribution in [-0.4, -0.2) is 38.1 Å². The van der Waals surface area contributed by atoms with Crippen molar-refractivity contribution in [2.45, 2.75) is 18.9 Å². The molecule has 1 saturated carbocycles. The van der Waals surface area contributed by atoms with Gasteiger partial charge in [0.2, 0.25) is 5.91 Å². The van der Waals surface area contributed by atoms with Crippen LogP contribution in [0.3, 0.4) is 0 Å². The van der Waals surface area contributed by atoms with E-state index < -0.39 is 0 Å². The van der Waals surface area contributed by atoms with Crippen LogP contribution in [0.1, 0.15) is 23.5 Å². The Balaban J connectivity index is 1.44. The highest BCUT2D eigenvalue weighted by Crippen LogP contribution is 2.48. The van der Waals surface area contributed by atoms with Gasteiger partial charge in [0.25, 0.3) is 0 Å². The molecule has 2 unspecified atom stereocenters. The van der Waals surface area contributed by atoms with Crippen LogP contribution in [-0.2, 0) is 11.3 Å². The number of hydrogen-bond acceptors (Lipinski definition) is 3. The van der Waals surface area contributed by atoms with Crippen molar-refractivity contribution < 1.29 is 13.9 Å². The van der Waals surface area contributed by atoms with Crippen LogP contribution in [0.5, 0.6) is 5.75 Å². The molecule has 5 heteroatoms. The van der Waals surface area contributed by atoms with Crippen LogP contribution in [0.25, 0.3) is 0 Å². The van der Waals surface area contributed by atoms with Crippen molar-refractivity contribution in [2.75, 3.05) is 27.2 Å². The normalized spacial score (nSPS) is 18.6. The van der Waals surface area contributed by atoms with E-state index in [1.54, 1.807) is 12.1 Å². The Kier molecular flexibility index (Phi) is 5.89. The number of hydrogen-bond donors (Lipinski definition) is 1. The number of nitrogens with one attached hydrogen (secondary N) is 1. The first-order valence-electron chi connectivity index (χ1n) is 8.93. The molecule has 0 spiro atoms. The zero-order valence-corrected chi connectivity index (χ0v) is 15.2. The monoisotopic (exact) mass is 356 g/mol. The van der Waals surface area contributed by atoms with Gasteiger partial charge in [0.05, 0.1) is 0 Å². The van der Waals surface area contributed by atoms with Crippen molar-refractivity contribution in [2.24, 2.45) is 5.92 Å². The Bertz CT molecular complexity index is 746. The number of benzene rings is 2. The van der Waals surface area contributed by atoms with Gasteiger partial charge in [-0.1, -0.05) is 30.3 Å².